The van der Waals surface area contributed by atoms with Crippen LogP contribution < -0.4 is 10.6 Å². The Bertz CT molecular complexity index is 570. The van der Waals surface area contributed by atoms with Crippen molar-refractivity contribution < 1.29 is 5.11 Å². The molecule has 2 heterocycles. The number of rotatable bonds is 7. The van der Waals surface area contributed by atoms with Crippen LogP contribution >= 0.6 is 11.3 Å². The summed E-state index contributed by atoms with van der Waals surface area (Å²) in [6.07, 6.45) is 2.03. The maximum Gasteiger partial charge on any atom is 0.225 e. The van der Waals surface area contributed by atoms with Gasteiger partial charge in [-0.25, -0.2) is 4.98 Å². The Morgan fingerprint density at radius 3 is 2.90 bits per heavy atom. The van der Waals surface area contributed by atoms with Crippen LogP contribution in [0.5, 0.6) is 0 Å². The molecule has 1 unspecified atom stereocenters. The summed E-state index contributed by atoms with van der Waals surface area (Å²) in [5, 5.41) is 16.5. The second-order valence-electron chi connectivity index (χ2n) is 5.08. The predicted molar refractivity (Wildman–Crippen MR) is 85.7 cm³/mol. The maximum absolute atomic E-state index is 9.02. The number of aromatic nitrogens is 2. The number of thiophene rings is 1. The third-order valence-electron chi connectivity index (χ3n) is 3.22. The zero-order valence-electron chi connectivity index (χ0n) is 12.2. The number of aryl methyl sites for hydroxylation is 1. The first kappa shape index (κ1) is 15.0. The van der Waals surface area contributed by atoms with E-state index < -0.39 is 0 Å². The molecule has 3 N–H and O–H groups in total. The molecule has 20 heavy (non-hydrogen) atoms. The van der Waals surface area contributed by atoms with E-state index >= 15 is 0 Å². The summed E-state index contributed by atoms with van der Waals surface area (Å²) in [5.74, 6) is 1.89. The van der Waals surface area contributed by atoms with E-state index in [-0.39, 0.29) is 6.61 Å². The number of hydrogen-bond acceptors (Lipinski definition) is 6. The summed E-state index contributed by atoms with van der Waals surface area (Å²) in [4.78, 5) is 11.2. The highest BCUT2D eigenvalue weighted by atomic mass is 32.1. The fourth-order valence-corrected chi connectivity index (χ4v) is 2.92. The second-order valence-corrected chi connectivity index (χ2v) is 6.31. The predicted octanol–water partition coefficient (Wildman–Crippen LogP) is 2.86. The van der Waals surface area contributed by atoms with Crippen LogP contribution in [0, 0.1) is 12.8 Å². The fraction of sp³-hybridized carbons (Fsp3) is 0.571. The lowest BCUT2D eigenvalue weighted by Crippen LogP contribution is -2.08. The molecular weight excluding hydrogens is 272 g/mol. The van der Waals surface area contributed by atoms with Crippen molar-refractivity contribution in [3.05, 3.63) is 10.9 Å². The lowest BCUT2D eigenvalue weighted by molar-refractivity contribution is 0.229. The van der Waals surface area contributed by atoms with Gasteiger partial charge in [-0.05, 0) is 31.7 Å². The molecule has 0 saturated carbocycles. The van der Waals surface area contributed by atoms with Gasteiger partial charge in [0.1, 0.15) is 10.6 Å². The Morgan fingerprint density at radius 2 is 2.20 bits per heavy atom. The lowest BCUT2D eigenvalue weighted by atomic mass is 10.1. The van der Waals surface area contributed by atoms with Crippen molar-refractivity contribution in [3.63, 3.8) is 0 Å². The van der Waals surface area contributed by atoms with Gasteiger partial charge in [-0.3, -0.25) is 0 Å². The minimum atomic E-state index is 0.255. The highest BCUT2D eigenvalue weighted by Crippen LogP contribution is 2.29. The molecule has 0 bridgehead atoms. The molecule has 2 aromatic rings. The quantitative estimate of drug-likeness (QED) is 0.685. The molecule has 0 aliphatic carbocycles. The topological polar surface area (TPSA) is 70.1 Å². The van der Waals surface area contributed by atoms with Crippen LogP contribution in [0.2, 0.25) is 0 Å². The van der Waals surface area contributed by atoms with E-state index in [0.29, 0.717) is 11.9 Å². The number of nitrogens with zero attached hydrogens (tertiary/aromatic N) is 2. The number of aliphatic hydroxyl groups excluding tert-OH is 1. The standard InChI is InChI=1S/C14H22N4OS/c1-9(8-19)5-4-6-16-12-11-7-10(2)20-13(11)18-14(15-3)17-12/h7,9,19H,4-6,8H2,1-3H3,(H2,15,16,17,18). The van der Waals surface area contributed by atoms with Crippen molar-refractivity contribution in [3.8, 4) is 0 Å². The van der Waals surface area contributed by atoms with Crippen LogP contribution in [0.25, 0.3) is 10.2 Å². The summed E-state index contributed by atoms with van der Waals surface area (Å²) in [6, 6.07) is 2.12. The normalized spacial score (nSPS) is 12.6. The minimum absolute atomic E-state index is 0.255. The summed E-state index contributed by atoms with van der Waals surface area (Å²) < 4.78 is 0. The summed E-state index contributed by atoms with van der Waals surface area (Å²) in [7, 11) is 1.83. The lowest BCUT2D eigenvalue weighted by Gasteiger charge is -2.10. The summed E-state index contributed by atoms with van der Waals surface area (Å²) >= 11 is 1.68. The van der Waals surface area contributed by atoms with Crippen LogP contribution in [0.3, 0.4) is 0 Å². The molecule has 0 spiro atoms. The SMILES string of the molecule is CNc1nc(NCCCC(C)CO)c2cc(C)sc2n1. The zero-order valence-corrected chi connectivity index (χ0v) is 13.0. The molecule has 110 valence electrons. The Labute approximate surface area is 123 Å². The van der Waals surface area contributed by atoms with Gasteiger partial charge in [-0.2, -0.15) is 4.98 Å². The van der Waals surface area contributed by atoms with Gasteiger partial charge >= 0.3 is 0 Å². The second kappa shape index (κ2) is 6.85. The number of aliphatic hydroxyl groups is 1. The van der Waals surface area contributed by atoms with E-state index in [2.05, 4.69) is 40.5 Å². The van der Waals surface area contributed by atoms with Gasteiger partial charge in [0.15, 0.2) is 0 Å². The van der Waals surface area contributed by atoms with Gasteiger partial charge in [0, 0.05) is 25.1 Å². The molecule has 6 heteroatoms. The average Bonchev–Trinajstić information content (AvgIpc) is 2.83. The van der Waals surface area contributed by atoms with Gasteiger partial charge in [0.05, 0.1) is 5.39 Å². The van der Waals surface area contributed by atoms with E-state index in [4.69, 9.17) is 5.11 Å². The van der Waals surface area contributed by atoms with Crippen LogP contribution in [0.1, 0.15) is 24.6 Å². The molecule has 0 aromatic carbocycles. The highest BCUT2D eigenvalue weighted by molar-refractivity contribution is 7.18. The van der Waals surface area contributed by atoms with E-state index in [9.17, 15) is 0 Å². The van der Waals surface area contributed by atoms with E-state index in [1.165, 1.54) is 4.88 Å². The number of nitrogens with one attached hydrogen (secondary N) is 2. The van der Waals surface area contributed by atoms with Crippen molar-refractivity contribution in [2.24, 2.45) is 5.92 Å². The van der Waals surface area contributed by atoms with Crippen LogP contribution in [-0.2, 0) is 0 Å². The highest BCUT2D eigenvalue weighted by Gasteiger charge is 2.09. The largest absolute Gasteiger partial charge is 0.396 e. The van der Waals surface area contributed by atoms with E-state index in [1.807, 2.05) is 7.05 Å². The molecule has 2 rings (SSSR count). The molecule has 5 nitrogen and oxygen atoms in total. The van der Waals surface area contributed by atoms with Crippen molar-refractivity contribution in [1.82, 2.24) is 9.97 Å². The van der Waals surface area contributed by atoms with Crippen LogP contribution in [0.15, 0.2) is 6.07 Å². The van der Waals surface area contributed by atoms with Crippen molar-refractivity contribution in [2.45, 2.75) is 26.7 Å². The van der Waals surface area contributed by atoms with Crippen LogP contribution in [-0.4, -0.2) is 35.3 Å². The molecule has 1 atom stereocenters. The molecule has 2 aromatic heterocycles. The van der Waals surface area contributed by atoms with Gasteiger partial charge in [0.2, 0.25) is 5.95 Å². The Kier molecular flexibility index (Phi) is 5.14. The fourth-order valence-electron chi connectivity index (χ4n) is 2.04. The smallest absolute Gasteiger partial charge is 0.225 e. The third-order valence-corrected chi connectivity index (χ3v) is 4.16. The van der Waals surface area contributed by atoms with Gasteiger partial charge in [-0.1, -0.05) is 6.92 Å². The van der Waals surface area contributed by atoms with Gasteiger partial charge in [-0.15, -0.1) is 11.3 Å². The zero-order chi connectivity index (χ0) is 14.5. The first-order valence-corrected chi connectivity index (χ1v) is 7.76. The summed E-state index contributed by atoms with van der Waals surface area (Å²) in [6.45, 7) is 5.25. The molecule has 0 saturated heterocycles. The number of hydrogen-bond donors (Lipinski definition) is 3. The molecular formula is C14H22N4OS. The van der Waals surface area contributed by atoms with Gasteiger partial charge in [0.25, 0.3) is 0 Å². The molecule has 0 fully saturated rings. The number of fused-ring (bicyclic) bond motifs is 1. The Hall–Kier alpha value is -1.40. The Balaban J connectivity index is 2.08. The monoisotopic (exact) mass is 294 g/mol. The molecule has 0 aliphatic heterocycles. The molecule has 0 radical (unpaired) electrons. The van der Waals surface area contributed by atoms with E-state index in [1.54, 1.807) is 11.3 Å². The first-order valence-electron chi connectivity index (χ1n) is 6.94. The maximum atomic E-state index is 9.02. The van der Waals surface area contributed by atoms with Crippen molar-refractivity contribution in [1.29, 1.82) is 0 Å². The Morgan fingerprint density at radius 1 is 1.40 bits per heavy atom. The van der Waals surface area contributed by atoms with Gasteiger partial charge < -0.3 is 15.7 Å². The van der Waals surface area contributed by atoms with E-state index in [0.717, 1.165) is 35.4 Å². The van der Waals surface area contributed by atoms with Crippen LogP contribution in [0.4, 0.5) is 11.8 Å². The molecule has 0 aliphatic rings. The first-order chi connectivity index (χ1) is 9.63. The van der Waals surface area contributed by atoms with Crippen molar-refractivity contribution in [2.75, 3.05) is 30.8 Å². The summed E-state index contributed by atoms with van der Waals surface area (Å²) in [5.41, 5.74) is 0. The minimum Gasteiger partial charge on any atom is -0.396 e. The van der Waals surface area contributed by atoms with Crippen molar-refractivity contribution >= 4 is 33.3 Å². The number of anilines is 2. The third kappa shape index (κ3) is 3.58. The average molecular weight is 294 g/mol. The molecule has 0 amide bonds.